The number of hydrogen-bond donors (Lipinski definition) is 4. The van der Waals surface area contributed by atoms with Gasteiger partial charge in [-0.2, -0.15) is 0 Å². The van der Waals surface area contributed by atoms with Crippen LogP contribution in [0.25, 0.3) is 0 Å². The molecule has 12 nitrogen and oxygen atoms in total. The third-order valence-corrected chi connectivity index (χ3v) is 2.00. The molecule has 0 aliphatic heterocycles. The number of rotatable bonds is 7. The Hall–Kier alpha value is -1.22. The van der Waals surface area contributed by atoms with Gasteiger partial charge in [-0.1, -0.05) is 0 Å². The summed E-state index contributed by atoms with van der Waals surface area (Å²) in [6, 6.07) is 0. The molecule has 4 unspecified atom stereocenters. The molecular formula is C12H20BNaO12. The Morgan fingerprint density at radius 2 is 0.885 bits per heavy atom. The molecule has 14 heteroatoms. The predicted molar refractivity (Wildman–Crippen MR) is 75.8 cm³/mol. The van der Waals surface area contributed by atoms with Crippen LogP contribution in [0.4, 0.5) is 0 Å². The fourth-order valence-electron chi connectivity index (χ4n) is 0.652. The summed E-state index contributed by atoms with van der Waals surface area (Å²) in [5.74, 6) is -5.10. The zero-order valence-electron chi connectivity index (χ0n) is 14.9. The van der Waals surface area contributed by atoms with E-state index in [1.807, 2.05) is 0 Å². The Kier molecular flexibility index (Phi) is 16.9. The first-order valence-electron chi connectivity index (χ1n) is 6.84. The van der Waals surface area contributed by atoms with Crippen LogP contribution in [0.2, 0.25) is 0 Å². The first-order chi connectivity index (χ1) is 11.3. The van der Waals surface area contributed by atoms with Crippen LogP contribution in [-0.2, 0) is 33.1 Å². The topological polar surface area (TPSA) is 200 Å². The first-order valence-corrected chi connectivity index (χ1v) is 6.84. The minimum absolute atomic E-state index is 0. The summed E-state index contributed by atoms with van der Waals surface area (Å²) in [6.45, 7) is 4.36. The maximum absolute atomic E-state index is 11.1. The van der Waals surface area contributed by atoms with Crippen LogP contribution < -0.4 is 34.7 Å². The third kappa shape index (κ3) is 15.1. The molecule has 4 atom stereocenters. The molecule has 0 amide bonds. The number of hydrogen-bond acceptors (Lipinski definition) is 12. The van der Waals surface area contributed by atoms with Gasteiger partial charge >= 0.3 is 54.8 Å². The number of carbonyl (C=O) groups is 4. The summed E-state index contributed by atoms with van der Waals surface area (Å²) in [5, 5.41) is 44.0. The molecule has 4 N–H and O–H groups in total. The van der Waals surface area contributed by atoms with E-state index in [9.17, 15) is 24.3 Å². The van der Waals surface area contributed by atoms with Crippen LogP contribution in [0, 0.1) is 0 Å². The van der Waals surface area contributed by atoms with Gasteiger partial charge in [0.2, 0.25) is 0 Å². The molecule has 144 valence electrons. The molecule has 26 heavy (non-hydrogen) atoms. The first kappa shape index (κ1) is 29.5. The van der Waals surface area contributed by atoms with E-state index in [-0.39, 0.29) is 29.6 Å². The fraction of sp³-hybridized carbons (Fsp3) is 0.667. The van der Waals surface area contributed by atoms with Crippen molar-refractivity contribution in [1.29, 1.82) is 0 Å². The van der Waals surface area contributed by atoms with E-state index < -0.39 is 55.6 Å². The summed E-state index contributed by atoms with van der Waals surface area (Å²) in [7, 11) is -2.11. The number of carbonyl (C=O) groups excluding carboxylic acids is 4. The maximum atomic E-state index is 11.1. The van der Waals surface area contributed by atoms with Crippen LogP contribution in [-0.4, -0.2) is 76.0 Å². The van der Waals surface area contributed by atoms with Crippen molar-refractivity contribution in [2.45, 2.75) is 52.1 Å². The number of aliphatic hydroxyl groups is 4. The van der Waals surface area contributed by atoms with Crippen molar-refractivity contribution in [3.8, 4) is 0 Å². The van der Waals surface area contributed by atoms with Gasteiger partial charge < -0.3 is 44.3 Å². The summed E-state index contributed by atoms with van der Waals surface area (Å²) in [5.41, 5.74) is 0. The zero-order chi connectivity index (χ0) is 20.3. The molecule has 0 fully saturated rings. The summed E-state index contributed by atoms with van der Waals surface area (Å²) >= 11 is 0. The normalized spacial score (nSPS) is 14.0. The number of aliphatic carboxylic acids is 1. The van der Waals surface area contributed by atoms with Crippen molar-refractivity contribution in [3.63, 3.8) is 0 Å². The standard InChI is InChI=1S/C9H15BO9.C3H6O3.Na/c1-4(11)7(14)17-10(18-8(15)5(2)12)19-9(16)6(3)13;1-2(4)3(5)6;/h4-6,11-13H,1-3H3;2,4H,1H3,(H,5,6);/q;;+1/p-1. The quantitative estimate of drug-likeness (QED) is 0.300. The van der Waals surface area contributed by atoms with Crippen LogP contribution in [0.3, 0.4) is 0 Å². The Morgan fingerprint density at radius 3 is 1.00 bits per heavy atom. The second kappa shape index (κ2) is 14.9. The van der Waals surface area contributed by atoms with Crippen molar-refractivity contribution in [2.24, 2.45) is 0 Å². The van der Waals surface area contributed by atoms with E-state index in [1.165, 1.54) is 0 Å². The Balaban J connectivity index is -0.000000649. The van der Waals surface area contributed by atoms with Crippen LogP contribution >= 0.6 is 0 Å². The smallest absolute Gasteiger partial charge is 0.547 e. The van der Waals surface area contributed by atoms with Crippen LogP contribution in [0.5, 0.6) is 0 Å². The predicted octanol–water partition coefficient (Wildman–Crippen LogP) is -7.14. The van der Waals surface area contributed by atoms with Crippen LogP contribution in [0.1, 0.15) is 27.7 Å². The Labute approximate surface area is 171 Å². The van der Waals surface area contributed by atoms with E-state index in [4.69, 9.17) is 20.4 Å². The molecule has 0 saturated heterocycles. The molecule has 0 heterocycles. The van der Waals surface area contributed by atoms with E-state index >= 15 is 0 Å². The third-order valence-electron chi connectivity index (χ3n) is 2.00. The molecule has 0 aromatic heterocycles. The molecule has 0 aromatic carbocycles. The van der Waals surface area contributed by atoms with Gasteiger partial charge in [-0.15, -0.1) is 0 Å². The van der Waals surface area contributed by atoms with E-state index in [2.05, 4.69) is 14.0 Å². The molecule has 0 aliphatic carbocycles. The fourth-order valence-corrected chi connectivity index (χ4v) is 0.652. The number of aliphatic hydroxyl groups excluding tert-OH is 4. The Morgan fingerprint density at radius 1 is 0.692 bits per heavy atom. The largest absolute Gasteiger partial charge is 1.00 e. The molecule has 0 saturated carbocycles. The summed E-state index contributed by atoms with van der Waals surface area (Å²) in [6.07, 6.45) is -5.97. The average molecular weight is 390 g/mol. The van der Waals surface area contributed by atoms with Crippen molar-refractivity contribution in [2.75, 3.05) is 0 Å². The molecule has 0 spiro atoms. The van der Waals surface area contributed by atoms with Gasteiger partial charge in [0.05, 0.1) is 12.1 Å². The molecular weight excluding hydrogens is 370 g/mol. The summed E-state index contributed by atoms with van der Waals surface area (Å²) in [4.78, 5) is 42.6. The average Bonchev–Trinajstić information content (AvgIpc) is 2.46. The number of carboxylic acid groups (broad SMARTS) is 1. The minimum atomic E-state index is -2.11. The Bertz CT molecular complexity index is 413. The van der Waals surface area contributed by atoms with Gasteiger partial charge in [0.15, 0.2) is 0 Å². The van der Waals surface area contributed by atoms with Gasteiger partial charge in [0.1, 0.15) is 18.3 Å². The van der Waals surface area contributed by atoms with Gasteiger partial charge in [0.25, 0.3) is 0 Å². The maximum Gasteiger partial charge on any atom is 1.00 e. The molecule has 0 aromatic rings. The zero-order valence-corrected chi connectivity index (χ0v) is 16.9. The van der Waals surface area contributed by atoms with Gasteiger partial charge in [-0.3, -0.25) is 14.4 Å². The van der Waals surface area contributed by atoms with E-state index in [0.29, 0.717) is 0 Å². The van der Waals surface area contributed by atoms with Crippen molar-refractivity contribution in [3.05, 3.63) is 0 Å². The molecule has 0 rings (SSSR count). The van der Waals surface area contributed by atoms with Crippen molar-refractivity contribution >= 4 is 31.2 Å². The van der Waals surface area contributed by atoms with E-state index in [0.717, 1.165) is 27.7 Å². The van der Waals surface area contributed by atoms with Gasteiger partial charge in [0, 0.05) is 0 Å². The van der Waals surface area contributed by atoms with E-state index in [1.54, 1.807) is 0 Å². The van der Waals surface area contributed by atoms with Gasteiger partial charge in [-0.05, 0) is 27.7 Å². The monoisotopic (exact) mass is 390 g/mol. The molecule has 0 aliphatic rings. The SMILES string of the molecule is CC(O)C(=O)OB(OC(=O)C(C)O)OC(=O)C(C)O.CC(O)C(=O)[O-].[Na+]. The minimum Gasteiger partial charge on any atom is -0.547 e. The van der Waals surface area contributed by atoms with Gasteiger partial charge in [-0.25, -0.2) is 0 Å². The van der Waals surface area contributed by atoms with Crippen LogP contribution in [0.15, 0.2) is 0 Å². The summed E-state index contributed by atoms with van der Waals surface area (Å²) < 4.78 is 13.1. The second-order valence-electron chi connectivity index (χ2n) is 4.62. The second-order valence-corrected chi connectivity index (χ2v) is 4.62. The number of carboxylic acids is 1. The molecule has 0 bridgehead atoms. The van der Waals surface area contributed by atoms with Crippen molar-refractivity contribution < 1.29 is 88.2 Å². The van der Waals surface area contributed by atoms with Crippen molar-refractivity contribution in [1.82, 2.24) is 0 Å². The molecule has 0 radical (unpaired) electrons.